The van der Waals surface area contributed by atoms with Crippen LogP contribution in [0.3, 0.4) is 0 Å². The van der Waals surface area contributed by atoms with Gasteiger partial charge in [-0.15, -0.1) is 0 Å². The van der Waals surface area contributed by atoms with Crippen molar-refractivity contribution in [1.82, 2.24) is 0 Å². The monoisotopic (exact) mass is 235 g/mol. The average molecular weight is 235 g/mol. The normalized spacial score (nSPS) is 15.6. The van der Waals surface area contributed by atoms with Crippen molar-refractivity contribution in [2.75, 3.05) is 0 Å². The molecule has 18 heavy (non-hydrogen) atoms. The van der Waals surface area contributed by atoms with Gasteiger partial charge in [0.2, 0.25) is 0 Å². The van der Waals surface area contributed by atoms with E-state index in [0.717, 1.165) is 0 Å². The third-order valence-electron chi connectivity index (χ3n) is 4.29. The van der Waals surface area contributed by atoms with E-state index in [1.807, 2.05) is 0 Å². The second-order valence-corrected chi connectivity index (χ2v) is 5.52. The fourth-order valence-corrected chi connectivity index (χ4v) is 3.07. The Morgan fingerprint density at radius 1 is 0.833 bits per heavy atom. The molecule has 0 N–H and O–H groups in total. The first-order valence-corrected chi connectivity index (χ1v) is 6.68. The minimum Gasteiger partial charge on any atom is -0.0619 e. The molecule has 0 amide bonds. The van der Waals surface area contributed by atoms with Crippen molar-refractivity contribution >= 4 is 0 Å². The van der Waals surface area contributed by atoms with E-state index in [9.17, 15) is 0 Å². The van der Waals surface area contributed by atoms with Crippen molar-refractivity contribution in [2.45, 2.75) is 26.7 Å². The van der Waals surface area contributed by atoms with Crippen molar-refractivity contribution in [1.29, 1.82) is 0 Å². The maximum Gasteiger partial charge on any atom is 0.0133 e. The van der Waals surface area contributed by atoms with Crippen LogP contribution in [0.5, 0.6) is 0 Å². The van der Waals surface area contributed by atoms with Crippen LogP contribution in [0.15, 0.2) is 48.5 Å². The van der Waals surface area contributed by atoms with E-state index in [-0.39, 0.29) is 0 Å². The summed E-state index contributed by atoms with van der Waals surface area (Å²) in [5.41, 5.74) is 5.83. The summed E-state index contributed by atoms with van der Waals surface area (Å²) in [6, 6.07) is 17.7. The molecule has 2 aromatic rings. The highest BCUT2D eigenvalue weighted by Gasteiger charge is 2.32. The van der Waals surface area contributed by atoms with Gasteiger partial charge in [-0.2, -0.15) is 0 Å². The van der Waals surface area contributed by atoms with Crippen molar-refractivity contribution in [3.63, 3.8) is 0 Å². The molecule has 0 heteroatoms. The largest absolute Gasteiger partial charge is 0.0619 e. The highest BCUT2D eigenvalue weighted by atomic mass is 14.4. The van der Waals surface area contributed by atoms with Crippen LogP contribution in [0.2, 0.25) is 0 Å². The Labute approximate surface area is 110 Å². The van der Waals surface area contributed by atoms with Crippen LogP contribution in [0.4, 0.5) is 0 Å². The van der Waals surface area contributed by atoms with E-state index in [1.54, 1.807) is 0 Å². The highest BCUT2D eigenvalue weighted by molar-refractivity contribution is 5.79. The van der Waals surface area contributed by atoms with E-state index in [4.69, 9.17) is 0 Å². The summed E-state index contributed by atoms with van der Waals surface area (Å²) in [5.74, 6) is 2.63. The summed E-state index contributed by atoms with van der Waals surface area (Å²) >= 11 is 0. The van der Waals surface area contributed by atoms with Gasteiger partial charge in [-0.3, -0.25) is 0 Å². The molecule has 0 bridgehead atoms. The summed E-state index contributed by atoms with van der Waals surface area (Å²) in [6.45, 7) is 6.83. The number of rotatable bonds is 2. The third kappa shape index (κ3) is 1.59. The van der Waals surface area contributed by atoms with Gasteiger partial charge in [0.05, 0.1) is 0 Å². The summed E-state index contributed by atoms with van der Waals surface area (Å²) in [6.07, 6.45) is 0. The van der Waals surface area contributed by atoms with E-state index < -0.39 is 0 Å². The summed E-state index contributed by atoms with van der Waals surface area (Å²) in [4.78, 5) is 0. The zero-order valence-electron chi connectivity index (χ0n) is 11.3. The molecule has 1 atom stereocenters. The van der Waals surface area contributed by atoms with Crippen LogP contribution in [-0.2, 0) is 0 Å². The molecule has 0 spiro atoms. The smallest absolute Gasteiger partial charge is 0.0133 e. The highest BCUT2D eigenvalue weighted by Crippen LogP contribution is 2.49. The molecule has 1 aliphatic carbocycles. The molecule has 0 aliphatic heterocycles. The Hall–Kier alpha value is -1.56. The van der Waals surface area contributed by atoms with Crippen LogP contribution < -0.4 is 0 Å². The summed E-state index contributed by atoms with van der Waals surface area (Å²) in [5, 5.41) is 0. The van der Waals surface area contributed by atoms with Gasteiger partial charge in [-0.05, 0) is 34.1 Å². The Kier molecular flexibility index (Phi) is 2.74. The fraction of sp³-hybridized carbons (Fsp3) is 0.278. The number of fused-ring (bicyclic) bond motifs is 3. The van der Waals surface area contributed by atoms with Gasteiger partial charge < -0.3 is 0 Å². The molecule has 0 nitrogen and oxygen atoms in total. The predicted molar refractivity (Wildman–Crippen MR) is 77.5 cm³/mol. The number of hydrogen-bond acceptors (Lipinski definition) is 0. The molecule has 0 aromatic heterocycles. The molecular weight excluding hydrogens is 216 g/mol. The molecule has 2 aromatic carbocycles. The predicted octanol–water partition coefficient (Wildman–Crippen LogP) is 5.05. The standard InChI is InChI=1S/C18H19/c1-12(2)13(3)18-16-10-6-4-8-14(16)15-9-5-7-11-17(15)18/h4-11,13,18H,1-3H3/t13-/m1/s1. The zero-order chi connectivity index (χ0) is 12.7. The van der Waals surface area contributed by atoms with Gasteiger partial charge in [0.25, 0.3) is 0 Å². The van der Waals surface area contributed by atoms with Gasteiger partial charge >= 0.3 is 0 Å². The van der Waals surface area contributed by atoms with Gasteiger partial charge in [0, 0.05) is 5.92 Å². The van der Waals surface area contributed by atoms with Crippen molar-refractivity contribution in [3.05, 3.63) is 65.6 Å². The molecular formula is C18H19. The Morgan fingerprint density at radius 3 is 1.72 bits per heavy atom. The first kappa shape index (κ1) is 11.5. The quantitative estimate of drug-likeness (QED) is 0.683. The van der Waals surface area contributed by atoms with Crippen molar-refractivity contribution < 1.29 is 0 Å². The second-order valence-electron chi connectivity index (χ2n) is 5.52. The van der Waals surface area contributed by atoms with Gasteiger partial charge in [-0.25, -0.2) is 0 Å². The molecule has 0 saturated heterocycles. The second kappa shape index (κ2) is 4.28. The Morgan fingerprint density at radius 2 is 1.28 bits per heavy atom. The average Bonchev–Trinajstić information content (AvgIpc) is 2.72. The Bertz CT molecular complexity index is 520. The van der Waals surface area contributed by atoms with Gasteiger partial charge in [0.15, 0.2) is 0 Å². The first-order chi connectivity index (χ1) is 8.70. The molecule has 1 radical (unpaired) electrons. The van der Waals surface area contributed by atoms with Crippen LogP contribution in [-0.4, -0.2) is 0 Å². The molecule has 91 valence electrons. The minimum absolute atomic E-state index is 0.530. The lowest BCUT2D eigenvalue weighted by molar-refractivity contribution is 0.539. The van der Waals surface area contributed by atoms with Crippen molar-refractivity contribution in [2.24, 2.45) is 5.92 Å². The lowest BCUT2D eigenvalue weighted by Crippen LogP contribution is -2.13. The van der Waals surface area contributed by atoms with E-state index in [2.05, 4.69) is 69.3 Å². The van der Waals surface area contributed by atoms with Crippen LogP contribution in [0.1, 0.15) is 37.8 Å². The lowest BCUT2D eigenvalue weighted by atomic mass is 9.79. The van der Waals surface area contributed by atoms with E-state index in [0.29, 0.717) is 11.8 Å². The molecule has 0 saturated carbocycles. The van der Waals surface area contributed by atoms with Crippen molar-refractivity contribution in [3.8, 4) is 11.1 Å². The van der Waals surface area contributed by atoms with Crippen LogP contribution in [0, 0.1) is 11.8 Å². The molecule has 0 fully saturated rings. The maximum atomic E-state index is 2.35. The van der Waals surface area contributed by atoms with Gasteiger partial charge in [-0.1, -0.05) is 69.3 Å². The minimum atomic E-state index is 0.530. The molecule has 3 rings (SSSR count). The molecule has 1 aliphatic rings. The summed E-state index contributed by atoms with van der Waals surface area (Å²) in [7, 11) is 0. The Balaban J connectivity index is 2.21. The molecule has 0 heterocycles. The zero-order valence-corrected chi connectivity index (χ0v) is 11.3. The lowest BCUT2D eigenvalue weighted by Gasteiger charge is -2.24. The first-order valence-electron chi connectivity index (χ1n) is 6.68. The molecule has 0 unspecified atom stereocenters. The summed E-state index contributed by atoms with van der Waals surface area (Å²) < 4.78 is 0. The van der Waals surface area contributed by atoms with E-state index in [1.165, 1.54) is 28.2 Å². The third-order valence-corrected chi connectivity index (χ3v) is 4.29. The number of benzene rings is 2. The SMILES string of the molecule is C[C](C)[C@@H](C)C1c2ccccc2-c2ccccc21. The van der Waals surface area contributed by atoms with Crippen LogP contribution in [0.25, 0.3) is 11.1 Å². The van der Waals surface area contributed by atoms with Crippen LogP contribution >= 0.6 is 0 Å². The topological polar surface area (TPSA) is 0 Å². The fourth-order valence-electron chi connectivity index (χ4n) is 3.07. The maximum absolute atomic E-state index is 2.35. The number of hydrogen-bond donors (Lipinski definition) is 0. The van der Waals surface area contributed by atoms with Gasteiger partial charge in [0.1, 0.15) is 0 Å². The van der Waals surface area contributed by atoms with E-state index >= 15 is 0 Å².